The Hall–Kier alpha value is -0.610. The van der Waals surface area contributed by atoms with Crippen LogP contribution in [0.25, 0.3) is 0 Å². The molecule has 4 nitrogen and oxygen atoms in total. The predicted molar refractivity (Wildman–Crippen MR) is 64.2 cm³/mol. The fourth-order valence-electron chi connectivity index (χ4n) is 2.41. The maximum absolute atomic E-state index is 11.0. The Morgan fingerprint density at radius 2 is 2.06 bits per heavy atom. The lowest BCUT2D eigenvalue weighted by Crippen LogP contribution is -2.39. The molecule has 0 aromatic rings. The van der Waals surface area contributed by atoms with E-state index in [-0.39, 0.29) is 5.91 Å². The Morgan fingerprint density at radius 3 is 2.62 bits per heavy atom. The number of hydrogen-bond donors (Lipinski definition) is 2. The maximum Gasteiger partial charge on any atom is 0.219 e. The average Bonchev–Trinajstić information content (AvgIpc) is 2.64. The van der Waals surface area contributed by atoms with E-state index < -0.39 is 5.60 Å². The van der Waals surface area contributed by atoms with Gasteiger partial charge in [0.05, 0.1) is 5.60 Å². The van der Waals surface area contributed by atoms with Gasteiger partial charge in [-0.05, 0) is 32.9 Å². The van der Waals surface area contributed by atoms with Crippen molar-refractivity contribution in [2.75, 3.05) is 27.2 Å². The Balaban J connectivity index is 2.15. The molecule has 4 heteroatoms. The lowest BCUT2D eigenvalue weighted by atomic mass is 10.0. The number of rotatable bonds is 6. The normalized spacial score (nSPS) is 19.0. The lowest BCUT2D eigenvalue weighted by molar-refractivity contribution is -0.120. The zero-order chi connectivity index (χ0) is 12.0. The fourth-order valence-corrected chi connectivity index (χ4v) is 2.41. The van der Waals surface area contributed by atoms with E-state index >= 15 is 0 Å². The number of amides is 1. The molecule has 16 heavy (non-hydrogen) atoms. The zero-order valence-corrected chi connectivity index (χ0v) is 10.5. The summed E-state index contributed by atoms with van der Waals surface area (Å²) in [6, 6.07) is 0. The molecule has 94 valence electrons. The van der Waals surface area contributed by atoms with Gasteiger partial charge in [0, 0.05) is 20.0 Å². The minimum absolute atomic E-state index is 0.0907. The van der Waals surface area contributed by atoms with Crippen LogP contribution in [0, 0.1) is 0 Å². The van der Waals surface area contributed by atoms with E-state index in [9.17, 15) is 9.90 Å². The molecule has 0 aromatic heterocycles. The SMILES string of the molecule is CNC(=O)CCCN(C)CC1(O)CCCC1. The van der Waals surface area contributed by atoms with Gasteiger partial charge >= 0.3 is 0 Å². The summed E-state index contributed by atoms with van der Waals surface area (Å²) in [6.07, 6.45) is 5.55. The summed E-state index contributed by atoms with van der Waals surface area (Å²) in [7, 11) is 3.67. The van der Waals surface area contributed by atoms with Crippen LogP contribution in [0.4, 0.5) is 0 Å². The minimum Gasteiger partial charge on any atom is -0.389 e. The van der Waals surface area contributed by atoms with E-state index in [1.807, 2.05) is 7.05 Å². The summed E-state index contributed by atoms with van der Waals surface area (Å²) in [5.74, 6) is 0.0907. The number of nitrogens with zero attached hydrogens (tertiary/aromatic N) is 1. The topological polar surface area (TPSA) is 52.6 Å². The van der Waals surface area contributed by atoms with Gasteiger partial charge in [0.25, 0.3) is 0 Å². The molecule has 2 N–H and O–H groups in total. The summed E-state index contributed by atoms with van der Waals surface area (Å²) < 4.78 is 0. The highest BCUT2D eigenvalue weighted by Crippen LogP contribution is 2.29. The van der Waals surface area contributed by atoms with E-state index in [4.69, 9.17) is 0 Å². The molecule has 0 unspecified atom stereocenters. The molecule has 1 rings (SSSR count). The summed E-state index contributed by atoms with van der Waals surface area (Å²) in [5.41, 5.74) is -0.470. The molecule has 1 saturated carbocycles. The van der Waals surface area contributed by atoms with Crippen molar-refractivity contribution >= 4 is 5.91 Å². The largest absolute Gasteiger partial charge is 0.389 e. The number of hydrogen-bond acceptors (Lipinski definition) is 3. The van der Waals surface area contributed by atoms with Crippen molar-refractivity contribution in [2.45, 2.75) is 44.1 Å². The molecular formula is C12H24N2O2. The Kier molecular flexibility index (Phi) is 5.22. The van der Waals surface area contributed by atoms with Crippen LogP contribution in [-0.2, 0) is 4.79 Å². The molecular weight excluding hydrogens is 204 g/mol. The van der Waals surface area contributed by atoms with Crippen molar-refractivity contribution in [3.63, 3.8) is 0 Å². The van der Waals surface area contributed by atoms with Gasteiger partial charge in [-0.15, -0.1) is 0 Å². The first kappa shape index (κ1) is 13.5. The van der Waals surface area contributed by atoms with Gasteiger partial charge in [-0.3, -0.25) is 4.79 Å². The first-order chi connectivity index (χ1) is 7.56. The summed E-state index contributed by atoms with van der Waals surface area (Å²) in [6.45, 7) is 1.61. The van der Waals surface area contributed by atoms with E-state index in [1.165, 1.54) is 0 Å². The van der Waals surface area contributed by atoms with Crippen LogP contribution >= 0.6 is 0 Å². The van der Waals surface area contributed by atoms with Gasteiger partial charge in [0.15, 0.2) is 0 Å². The first-order valence-corrected chi connectivity index (χ1v) is 6.17. The van der Waals surface area contributed by atoms with Gasteiger partial charge in [-0.1, -0.05) is 12.8 Å². The average molecular weight is 228 g/mol. The van der Waals surface area contributed by atoms with Crippen molar-refractivity contribution in [1.29, 1.82) is 0 Å². The van der Waals surface area contributed by atoms with Gasteiger partial charge in [-0.25, -0.2) is 0 Å². The molecule has 1 aliphatic rings. The lowest BCUT2D eigenvalue weighted by Gasteiger charge is -2.28. The second-order valence-corrected chi connectivity index (χ2v) is 4.95. The van der Waals surface area contributed by atoms with Crippen molar-refractivity contribution in [2.24, 2.45) is 0 Å². The number of nitrogens with one attached hydrogen (secondary N) is 1. The fraction of sp³-hybridized carbons (Fsp3) is 0.917. The smallest absolute Gasteiger partial charge is 0.219 e. The molecule has 0 saturated heterocycles. The van der Waals surface area contributed by atoms with E-state index in [2.05, 4.69) is 10.2 Å². The number of likely N-dealkylation sites (N-methyl/N-ethyl adjacent to an activating group) is 1. The van der Waals surface area contributed by atoms with Crippen molar-refractivity contribution in [3.8, 4) is 0 Å². The van der Waals surface area contributed by atoms with Crippen LogP contribution in [0.1, 0.15) is 38.5 Å². The van der Waals surface area contributed by atoms with Crippen LogP contribution < -0.4 is 5.32 Å². The molecule has 0 atom stereocenters. The molecule has 0 radical (unpaired) electrons. The summed E-state index contributed by atoms with van der Waals surface area (Å²) in [4.78, 5) is 13.2. The van der Waals surface area contributed by atoms with Gasteiger partial charge < -0.3 is 15.3 Å². The third kappa shape index (κ3) is 4.49. The Bertz CT molecular complexity index is 225. The van der Waals surface area contributed by atoms with Crippen molar-refractivity contribution < 1.29 is 9.90 Å². The van der Waals surface area contributed by atoms with E-state index in [1.54, 1.807) is 7.05 Å². The molecule has 0 spiro atoms. The van der Waals surface area contributed by atoms with Gasteiger partial charge in [0.1, 0.15) is 0 Å². The number of aliphatic hydroxyl groups is 1. The third-order valence-electron chi connectivity index (χ3n) is 3.32. The van der Waals surface area contributed by atoms with E-state index in [0.29, 0.717) is 6.42 Å². The summed E-state index contributed by atoms with van der Waals surface area (Å²) in [5, 5.41) is 12.8. The highest BCUT2D eigenvalue weighted by atomic mass is 16.3. The van der Waals surface area contributed by atoms with Crippen LogP contribution in [0.5, 0.6) is 0 Å². The van der Waals surface area contributed by atoms with Crippen molar-refractivity contribution in [1.82, 2.24) is 10.2 Å². The van der Waals surface area contributed by atoms with Crippen LogP contribution in [0.2, 0.25) is 0 Å². The second kappa shape index (κ2) is 6.21. The van der Waals surface area contributed by atoms with Crippen molar-refractivity contribution in [3.05, 3.63) is 0 Å². The van der Waals surface area contributed by atoms with Gasteiger partial charge in [0.2, 0.25) is 5.91 Å². The maximum atomic E-state index is 11.0. The standard InChI is InChI=1S/C12H24N2O2/c1-13-11(15)6-5-9-14(2)10-12(16)7-3-4-8-12/h16H,3-10H2,1-2H3,(H,13,15). The predicted octanol–water partition coefficient (Wildman–Crippen LogP) is 0.749. The molecule has 0 heterocycles. The zero-order valence-electron chi connectivity index (χ0n) is 10.5. The second-order valence-electron chi connectivity index (χ2n) is 4.95. The Labute approximate surface area is 98.0 Å². The molecule has 0 aromatic carbocycles. The highest BCUT2D eigenvalue weighted by Gasteiger charge is 2.31. The van der Waals surface area contributed by atoms with Crippen LogP contribution in [-0.4, -0.2) is 48.7 Å². The number of carbonyl (C=O) groups is 1. The van der Waals surface area contributed by atoms with Gasteiger partial charge in [-0.2, -0.15) is 0 Å². The number of carbonyl (C=O) groups excluding carboxylic acids is 1. The highest BCUT2D eigenvalue weighted by molar-refractivity contribution is 5.75. The quantitative estimate of drug-likeness (QED) is 0.705. The molecule has 1 fully saturated rings. The van der Waals surface area contributed by atoms with Crippen LogP contribution in [0.15, 0.2) is 0 Å². The molecule has 1 amide bonds. The summed E-state index contributed by atoms with van der Waals surface area (Å²) >= 11 is 0. The van der Waals surface area contributed by atoms with Crippen LogP contribution in [0.3, 0.4) is 0 Å². The molecule has 0 bridgehead atoms. The monoisotopic (exact) mass is 228 g/mol. The minimum atomic E-state index is -0.470. The molecule has 0 aliphatic heterocycles. The van der Waals surface area contributed by atoms with E-state index in [0.717, 1.165) is 45.2 Å². The molecule has 1 aliphatic carbocycles. The first-order valence-electron chi connectivity index (χ1n) is 6.17. The third-order valence-corrected chi connectivity index (χ3v) is 3.32. The Morgan fingerprint density at radius 1 is 1.44 bits per heavy atom.